The number of ether oxygens (including phenoxy) is 1. The fraction of sp³-hybridized carbons (Fsp3) is 0.625. The first-order valence-corrected chi connectivity index (χ1v) is 7.77. The van der Waals surface area contributed by atoms with Gasteiger partial charge in [0.15, 0.2) is 0 Å². The maximum Gasteiger partial charge on any atom is 0.269 e. The van der Waals surface area contributed by atoms with Gasteiger partial charge in [0, 0.05) is 24.7 Å². The second-order valence-electron chi connectivity index (χ2n) is 5.74. The molecule has 1 aliphatic carbocycles. The minimum atomic E-state index is -0.406. The van der Waals surface area contributed by atoms with Gasteiger partial charge < -0.3 is 10.1 Å². The molecule has 1 aromatic carbocycles. The third kappa shape index (κ3) is 5.01. The zero-order chi connectivity index (χ0) is 15.1. The largest absolute Gasteiger partial charge is 0.492 e. The summed E-state index contributed by atoms with van der Waals surface area (Å²) in [6, 6.07) is 6.75. The molecule has 5 nitrogen and oxygen atoms in total. The highest BCUT2D eigenvalue weighted by atomic mass is 16.6. The van der Waals surface area contributed by atoms with Crippen LogP contribution in [0.5, 0.6) is 5.75 Å². The summed E-state index contributed by atoms with van der Waals surface area (Å²) in [5.74, 6) is 1.46. The number of rotatable bonds is 7. The lowest BCUT2D eigenvalue weighted by molar-refractivity contribution is -0.384. The maximum atomic E-state index is 10.6. The summed E-state index contributed by atoms with van der Waals surface area (Å²) in [6.07, 6.45) is 6.76. The standard InChI is InChI=1S/C16H24N2O3/c1-13(14-5-3-2-4-6-14)17-11-12-21-16-9-7-15(8-10-16)18(19)20/h7-10,13-14,17H,2-6,11-12H2,1H3/t13-/m1/s1. The van der Waals surface area contributed by atoms with Crippen LogP contribution in [-0.4, -0.2) is 24.1 Å². The summed E-state index contributed by atoms with van der Waals surface area (Å²) in [6.45, 7) is 3.63. The average Bonchev–Trinajstić information content (AvgIpc) is 2.52. The van der Waals surface area contributed by atoms with E-state index >= 15 is 0 Å². The van der Waals surface area contributed by atoms with Crippen molar-refractivity contribution in [2.24, 2.45) is 5.92 Å². The zero-order valence-corrected chi connectivity index (χ0v) is 12.6. The van der Waals surface area contributed by atoms with Crippen molar-refractivity contribution >= 4 is 5.69 Å². The van der Waals surface area contributed by atoms with Gasteiger partial charge in [-0.2, -0.15) is 0 Å². The monoisotopic (exact) mass is 292 g/mol. The lowest BCUT2D eigenvalue weighted by Gasteiger charge is -2.28. The minimum Gasteiger partial charge on any atom is -0.492 e. The Morgan fingerprint density at radius 3 is 2.57 bits per heavy atom. The van der Waals surface area contributed by atoms with Crippen molar-refractivity contribution in [1.29, 1.82) is 0 Å². The van der Waals surface area contributed by atoms with Gasteiger partial charge in [-0.1, -0.05) is 19.3 Å². The second-order valence-corrected chi connectivity index (χ2v) is 5.74. The third-order valence-corrected chi connectivity index (χ3v) is 4.24. The van der Waals surface area contributed by atoms with Crippen LogP contribution in [0.25, 0.3) is 0 Å². The SMILES string of the molecule is C[C@@H](NCCOc1ccc([N+](=O)[O-])cc1)C1CCCCC1. The molecule has 0 saturated heterocycles. The van der Waals surface area contributed by atoms with Crippen LogP contribution in [0.2, 0.25) is 0 Å². The molecular weight excluding hydrogens is 268 g/mol. The van der Waals surface area contributed by atoms with Gasteiger partial charge in [-0.15, -0.1) is 0 Å². The van der Waals surface area contributed by atoms with Gasteiger partial charge in [-0.25, -0.2) is 0 Å². The van der Waals surface area contributed by atoms with Gasteiger partial charge in [0.25, 0.3) is 5.69 Å². The highest BCUT2D eigenvalue weighted by molar-refractivity contribution is 5.35. The number of hydrogen-bond acceptors (Lipinski definition) is 4. The van der Waals surface area contributed by atoms with Gasteiger partial charge >= 0.3 is 0 Å². The fourth-order valence-electron chi connectivity index (χ4n) is 2.92. The molecule has 21 heavy (non-hydrogen) atoms. The summed E-state index contributed by atoms with van der Waals surface area (Å²) < 4.78 is 5.59. The first-order valence-electron chi connectivity index (χ1n) is 7.77. The molecule has 5 heteroatoms. The van der Waals surface area contributed by atoms with Gasteiger partial charge in [0.05, 0.1) is 4.92 Å². The van der Waals surface area contributed by atoms with E-state index in [1.165, 1.54) is 44.2 Å². The van der Waals surface area contributed by atoms with E-state index in [-0.39, 0.29) is 5.69 Å². The van der Waals surface area contributed by atoms with Gasteiger partial charge in [-0.3, -0.25) is 10.1 Å². The van der Waals surface area contributed by atoms with E-state index in [2.05, 4.69) is 12.2 Å². The van der Waals surface area contributed by atoms with Crippen LogP contribution in [0.4, 0.5) is 5.69 Å². The van der Waals surface area contributed by atoms with Crippen LogP contribution in [-0.2, 0) is 0 Å². The molecule has 0 radical (unpaired) electrons. The Kier molecular flexibility index (Phi) is 5.99. The average molecular weight is 292 g/mol. The molecule has 0 heterocycles. The number of benzene rings is 1. The molecule has 116 valence electrons. The third-order valence-electron chi connectivity index (χ3n) is 4.24. The molecule has 1 fully saturated rings. The van der Waals surface area contributed by atoms with Crippen LogP contribution in [0.1, 0.15) is 39.0 Å². The van der Waals surface area contributed by atoms with Crippen molar-refractivity contribution in [3.63, 3.8) is 0 Å². The fourth-order valence-corrected chi connectivity index (χ4v) is 2.92. The Hall–Kier alpha value is -1.62. The first-order chi connectivity index (χ1) is 10.2. The van der Waals surface area contributed by atoms with Crippen molar-refractivity contribution in [2.45, 2.75) is 45.1 Å². The molecule has 1 atom stereocenters. The Morgan fingerprint density at radius 2 is 1.95 bits per heavy atom. The molecule has 0 spiro atoms. The Balaban J connectivity index is 1.65. The summed E-state index contributed by atoms with van der Waals surface area (Å²) in [5, 5.41) is 14.1. The Morgan fingerprint density at radius 1 is 1.29 bits per heavy atom. The normalized spacial score (nSPS) is 17.4. The molecule has 1 N–H and O–H groups in total. The zero-order valence-electron chi connectivity index (χ0n) is 12.6. The highest BCUT2D eigenvalue weighted by Crippen LogP contribution is 2.26. The summed E-state index contributed by atoms with van der Waals surface area (Å²) >= 11 is 0. The molecule has 0 aromatic heterocycles. The van der Waals surface area contributed by atoms with Gasteiger partial charge in [-0.05, 0) is 37.8 Å². The predicted molar refractivity (Wildman–Crippen MR) is 82.6 cm³/mol. The molecule has 0 unspecified atom stereocenters. The molecule has 0 bridgehead atoms. The van der Waals surface area contributed by atoms with Crippen LogP contribution < -0.4 is 10.1 Å². The van der Waals surface area contributed by atoms with E-state index in [0.717, 1.165) is 12.5 Å². The molecule has 1 aromatic rings. The highest BCUT2D eigenvalue weighted by Gasteiger charge is 2.19. The van der Waals surface area contributed by atoms with Crippen molar-refractivity contribution in [3.8, 4) is 5.75 Å². The number of nitrogens with one attached hydrogen (secondary N) is 1. The summed E-state index contributed by atoms with van der Waals surface area (Å²) in [7, 11) is 0. The van der Waals surface area contributed by atoms with Crippen LogP contribution >= 0.6 is 0 Å². The minimum absolute atomic E-state index is 0.0893. The van der Waals surface area contributed by atoms with Crippen molar-refractivity contribution in [1.82, 2.24) is 5.32 Å². The Bertz CT molecular complexity index is 441. The molecule has 1 saturated carbocycles. The molecule has 0 amide bonds. The quantitative estimate of drug-likeness (QED) is 0.474. The molecule has 1 aliphatic rings. The van der Waals surface area contributed by atoms with Crippen LogP contribution in [0.15, 0.2) is 24.3 Å². The number of nitro groups is 1. The molecule has 2 rings (SSSR count). The van der Waals surface area contributed by atoms with E-state index in [4.69, 9.17) is 4.74 Å². The summed E-state index contributed by atoms with van der Waals surface area (Å²) in [5.41, 5.74) is 0.0893. The van der Waals surface area contributed by atoms with E-state index < -0.39 is 4.92 Å². The smallest absolute Gasteiger partial charge is 0.269 e. The van der Waals surface area contributed by atoms with E-state index in [0.29, 0.717) is 18.4 Å². The topological polar surface area (TPSA) is 64.4 Å². The lowest BCUT2D eigenvalue weighted by Crippen LogP contribution is -2.37. The van der Waals surface area contributed by atoms with Gasteiger partial charge in [0.2, 0.25) is 0 Å². The van der Waals surface area contributed by atoms with Crippen LogP contribution in [0, 0.1) is 16.0 Å². The molecular formula is C16H24N2O3. The van der Waals surface area contributed by atoms with Crippen LogP contribution in [0.3, 0.4) is 0 Å². The van der Waals surface area contributed by atoms with Crippen molar-refractivity contribution < 1.29 is 9.66 Å². The van der Waals surface area contributed by atoms with E-state index in [1.54, 1.807) is 12.1 Å². The lowest BCUT2D eigenvalue weighted by atomic mass is 9.84. The molecule has 0 aliphatic heterocycles. The van der Waals surface area contributed by atoms with Crippen molar-refractivity contribution in [3.05, 3.63) is 34.4 Å². The second kappa shape index (κ2) is 7.98. The van der Waals surface area contributed by atoms with Crippen molar-refractivity contribution in [2.75, 3.05) is 13.2 Å². The number of nitrogens with zero attached hydrogens (tertiary/aromatic N) is 1. The van der Waals surface area contributed by atoms with E-state index in [1.807, 2.05) is 0 Å². The van der Waals surface area contributed by atoms with E-state index in [9.17, 15) is 10.1 Å². The predicted octanol–water partition coefficient (Wildman–Crippen LogP) is 3.53. The number of non-ortho nitro benzene ring substituents is 1. The number of nitro benzene ring substituents is 1. The Labute approximate surface area is 125 Å². The van der Waals surface area contributed by atoms with Gasteiger partial charge in [0.1, 0.15) is 12.4 Å². The first kappa shape index (κ1) is 15.8. The summed E-state index contributed by atoms with van der Waals surface area (Å²) in [4.78, 5) is 10.1. The maximum absolute atomic E-state index is 10.6. The number of hydrogen-bond donors (Lipinski definition) is 1.